The first kappa shape index (κ1) is 26.0. The molecule has 0 saturated carbocycles. The Morgan fingerprint density at radius 2 is 1.86 bits per heavy atom. The van der Waals surface area contributed by atoms with E-state index in [9.17, 15) is 4.79 Å². The Bertz CT molecular complexity index is 1110. The minimum Gasteiger partial charge on any atom is -0.353 e. The topological polar surface area (TPSA) is 97.8 Å². The highest BCUT2D eigenvalue weighted by molar-refractivity contribution is 7.99. The Morgan fingerprint density at radius 1 is 1.14 bits per heavy atom. The number of nitrogens with one attached hydrogen (secondary N) is 3. The van der Waals surface area contributed by atoms with Crippen LogP contribution in [0.4, 0.5) is 17.3 Å². The number of hydrogen-bond donors (Lipinski definition) is 3. The molecule has 1 aromatic carbocycles. The molecule has 3 heterocycles. The second kappa shape index (κ2) is 11.7. The SMILES string of the molecule is C/C=C(\N/N=C/C)Nc1cc(N2CC(C)(N3CCCC3)C2)nc(Sc2ccc(NC(=O)CC)cc2)n1. The van der Waals surface area contributed by atoms with Crippen molar-refractivity contribution in [3.63, 3.8) is 0 Å². The number of nitrogens with zero attached hydrogens (tertiary/aromatic N) is 5. The summed E-state index contributed by atoms with van der Waals surface area (Å²) < 4.78 is 0. The van der Waals surface area contributed by atoms with E-state index in [-0.39, 0.29) is 11.4 Å². The number of carbonyl (C=O) groups is 1. The molecular weight excluding hydrogens is 472 g/mol. The van der Waals surface area contributed by atoms with E-state index in [2.05, 4.69) is 37.9 Å². The van der Waals surface area contributed by atoms with Crippen molar-refractivity contribution in [1.29, 1.82) is 0 Å². The first-order valence-electron chi connectivity index (χ1n) is 12.6. The number of benzene rings is 1. The predicted octanol–water partition coefficient (Wildman–Crippen LogP) is 4.52. The third-order valence-electron chi connectivity index (χ3n) is 6.48. The van der Waals surface area contributed by atoms with Gasteiger partial charge in [-0.25, -0.2) is 9.97 Å². The van der Waals surface area contributed by atoms with Gasteiger partial charge in [0.2, 0.25) is 5.91 Å². The van der Waals surface area contributed by atoms with Crippen LogP contribution in [0.2, 0.25) is 0 Å². The smallest absolute Gasteiger partial charge is 0.224 e. The minimum atomic E-state index is -0.00145. The molecule has 2 aliphatic heterocycles. The van der Waals surface area contributed by atoms with Crippen LogP contribution in [0.3, 0.4) is 0 Å². The molecule has 2 fully saturated rings. The lowest BCUT2D eigenvalue weighted by molar-refractivity contribution is -0.115. The molecule has 0 radical (unpaired) electrons. The average Bonchev–Trinajstić information content (AvgIpc) is 3.41. The van der Waals surface area contributed by atoms with Gasteiger partial charge < -0.3 is 15.5 Å². The monoisotopic (exact) mass is 508 g/mol. The normalized spacial score (nSPS) is 17.8. The average molecular weight is 509 g/mol. The van der Waals surface area contributed by atoms with Gasteiger partial charge in [0.05, 0.1) is 5.54 Å². The third kappa shape index (κ3) is 6.36. The number of rotatable bonds is 10. The molecule has 2 aromatic rings. The number of hydrogen-bond acceptors (Lipinski definition) is 9. The first-order chi connectivity index (χ1) is 17.4. The number of likely N-dealkylation sites (tertiary alicyclic amines) is 1. The van der Waals surface area contributed by atoms with E-state index in [0.29, 0.717) is 17.4 Å². The summed E-state index contributed by atoms with van der Waals surface area (Å²) in [6.45, 7) is 12.3. The number of amides is 1. The number of hydrazone groups is 1. The van der Waals surface area contributed by atoms with E-state index in [1.165, 1.54) is 37.7 Å². The van der Waals surface area contributed by atoms with Crippen LogP contribution in [0.1, 0.15) is 47.0 Å². The molecule has 0 bridgehead atoms. The Hall–Kier alpha value is -3.11. The van der Waals surface area contributed by atoms with E-state index in [4.69, 9.17) is 9.97 Å². The van der Waals surface area contributed by atoms with Gasteiger partial charge in [0.15, 0.2) is 5.16 Å². The van der Waals surface area contributed by atoms with Gasteiger partial charge in [-0.3, -0.25) is 15.1 Å². The number of allylic oxidation sites excluding steroid dienone is 1. The van der Waals surface area contributed by atoms with Crippen LogP contribution in [0.15, 0.2) is 57.4 Å². The molecule has 36 heavy (non-hydrogen) atoms. The number of carbonyl (C=O) groups excluding carboxylic acids is 1. The fourth-order valence-corrected chi connectivity index (χ4v) is 5.24. The van der Waals surface area contributed by atoms with Gasteiger partial charge in [-0.15, -0.1) is 0 Å². The van der Waals surface area contributed by atoms with E-state index < -0.39 is 0 Å². The minimum absolute atomic E-state index is 0.00145. The number of aromatic nitrogens is 2. The van der Waals surface area contributed by atoms with Crippen molar-refractivity contribution in [3.05, 3.63) is 42.2 Å². The second-order valence-corrected chi connectivity index (χ2v) is 10.3. The van der Waals surface area contributed by atoms with Crippen molar-refractivity contribution in [2.24, 2.45) is 5.10 Å². The standard InChI is InChI=1S/C26H36N8OS/c1-5-21(32-27-7-3)29-22-16-23(33-17-26(4,18-33)34-14-8-9-15-34)31-25(30-22)36-20-12-10-19(11-13-20)28-24(35)6-2/h5,7,10-13,16,32H,6,8-9,14-15,17-18H2,1-4H3,(H,28,35)(H,29,30,31)/b21-5-,27-7+. The van der Waals surface area contributed by atoms with Crippen LogP contribution in [0.25, 0.3) is 0 Å². The van der Waals surface area contributed by atoms with Gasteiger partial charge in [-0.05, 0) is 88.8 Å². The highest BCUT2D eigenvalue weighted by Crippen LogP contribution is 2.36. The molecule has 4 rings (SSSR count). The van der Waals surface area contributed by atoms with Crippen LogP contribution in [-0.4, -0.2) is 58.7 Å². The maximum absolute atomic E-state index is 11.7. The highest BCUT2D eigenvalue weighted by Gasteiger charge is 2.45. The van der Waals surface area contributed by atoms with Gasteiger partial charge in [-0.2, -0.15) is 5.10 Å². The molecule has 1 amide bonds. The summed E-state index contributed by atoms with van der Waals surface area (Å²) in [6, 6.07) is 9.75. The van der Waals surface area contributed by atoms with Crippen molar-refractivity contribution in [3.8, 4) is 0 Å². The van der Waals surface area contributed by atoms with Gasteiger partial charge in [0, 0.05) is 42.4 Å². The van der Waals surface area contributed by atoms with Gasteiger partial charge >= 0.3 is 0 Å². The zero-order chi connectivity index (χ0) is 25.5. The Kier molecular flexibility index (Phi) is 8.48. The summed E-state index contributed by atoms with van der Waals surface area (Å²) >= 11 is 1.50. The fraction of sp³-hybridized carbons (Fsp3) is 0.462. The van der Waals surface area contributed by atoms with Crippen LogP contribution >= 0.6 is 11.8 Å². The van der Waals surface area contributed by atoms with Crippen LogP contribution in [0, 0.1) is 0 Å². The maximum atomic E-state index is 11.7. The summed E-state index contributed by atoms with van der Waals surface area (Å²) in [4.78, 5) is 27.3. The van der Waals surface area contributed by atoms with Gasteiger partial charge in [0.25, 0.3) is 0 Å². The highest BCUT2D eigenvalue weighted by atomic mass is 32.2. The van der Waals surface area contributed by atoms with Crippen LogP contribution < -0.4 is 21.0 Å². The summed E-state index contributed by atoms with van der Waals surface area (Å²) in [5.74, 6) is 2.36. The van der Waals surface area contributed by atoms with Crippen molar-refractivity contribution >= 4 is 41.2 Å². The molecule has 2 aliphatic rings. The maximum Gasteiger partial charge on any atom is 0.224 e. The first-order valence-corrected chi connectivity index (χ1v) is 13.4. The molecule has 0 atom stereocenters. The third-order valence-corrected chi connectivity index (χ3v) is 7.36. The summed E-state index contributed by atoms with van der Waals surface area (Å²) in [6.07, 6.45) is 6.64. The molecule has 2 saturated heterocycles. The molecular formula is C26H36N8OS. The largest absolute Gasteiger partial charge is 0.353 e. The van der Waals surface area contributed by atoms with Crippen molar-refractivity contribution in [2.75, 3.05) is 41.7 Å². The lowest BCUT2D eigenvalue weighted by Crippen LogP contribution is -2.68. The lowest BCUT2D eigenvalue weighted by Gasteiger charge is -2.53. The molecule has 0 spiro atoms. The summed E-state index contributed by atoms with van der Waals surface area (Å²) in [5, 5.41) is 11.0. The Labute approximate surface area is 217 Å². The van der Waals surface area contributed by atoms with Gasteiger partial charge in [-0.1, -0.05) is 6.92 Å². The second-order valence-electron chi connectivity index (χ2n) is 9.30. The summed E-state index contributed by atoms with van der Waals surface area (Å²) in [7, 11) is 0. The Morgan fingerprint density at radius 3 is 2.50 bits per heavy atom. The predicted molar refractivity (Wildman–Crippen MR) is 148 cm³/mol. The van der Waals surface area contributed by atoms with Crippen molar-refractivity contribution < 1.29 is 4.79 Å². The molecule has 192 valence electrons. The molecule has 0 aliphatic carbocycles. The lowest BCUT2D eigenvalue weighted by atomic mass is 9.90. The van der Waals surface area contributed by atoms with Crippen molar-refractivity contribution in [1.82, 2.24) is 20.3 Å². The zero-order valence-electron chi connectivity index (χ0n) is 21.5. The fourth-order valence-electron chi connectivity index (χ4n) is 4.48. The number of anilines is 3. The van der Waals surface area contributed by atoms with Crippen molar-refractivity contribution in [2.45, 2.75) is 62.5 Å². The summed E-state index contributed by atoms with van der Waals surface area (Å²) in [5.41, 5.74) is 3.97. The van der Waals surface area contributed by atoms with Gasteiger partial charge in [0.1, 0.15) is 17.5 Å². The van der Waals surface area contributed by atoms with E-state index in [1.54, 1.807) is 6.21 Å². The molecule has 0 unspecified atom stereocenters. The molecule has 1 aromatic heterocycles. The zero-order valence-corrected chi connectivity index (χ0v) is 22.4. The van der Waals surface area contributed by atoms with Crippen LogP contribution in [0.5, 0.6) is 0 Å². The van der Waals surface area contributed by atoms with Crippen LogP contribution in [-0.2, 0) is 4.79 Å². The Balaban J connectivity index is 1.53. The van der Waals surface area contributed by atoms with E-state index in [0.717, 1.165) is 35.3 Å². The molecule has 9 nitrogen and oxygen atoms in total. The molecule has 3 N–H and O–H groups in total. The van der Waals surface area contributed by atoms with E-state index >= 15 is 0 Å². The molecule has 10 heteroatoms. The quantitative estimate of drug-likeness (QED) is 0.245. The van der Waals surface area contributed by atoms with E-state index in [1.807, 2.05) is 57.2 Å².